The van der Waals surface area contributed by atoms with E-state index in [1.54, 1.807) is 0 Å². The van der Waals surface area contributed by atoms with Crippen molar-refractivity contribution >= 4 is 17.9 Å². The SMILES string of the molecule is CCCCCCCCCCCCCCCCCCCC(=O)O[C@@H](COC(=O)CCCCCCCCCCCCCCCCC(C)CC)COC(=O)CCCCCCCCCCCCC(C)C. The van der Waals surface area contributed by atoms with Crippen molar-refractivity contribution in [1.82, 2.24) is 0 Å². The fraction of sp³-hybridized carbons (Fsp3) is 0.950. The van der Waals surface area contributed by atoms with Crippen LogP contribution in [0.5, 0.6) is 0 Å². The molecule has 0 radical (unpaired) electrons. The molecule has 1 unspecified atom stereocenters. The number of carbonyl (C=O) groups is 3. The van der Waals surface area contributed by atoms with E-state index in [-0.39, 0.29) is 31.1 Å². The summed E-state index contributed by atoms with van der Waals surface area (Å²) in [4.78, 5) is 38.2. The van der Waals surface area contributed by atoms with Crippen molar-refractivity contribution in [3.8, 4) is 0 Å². The molecule has 0 amide bonds. The van der Waals surface area contributed by atoms with Crippen LogP contribution in [0.25, 0.3) is 0 Å². The monoisotopic (exact) mass is 933 g/mol. The van der Waals surface area contributed by atoms with Crippen molar-refractivity contribution in [3.63, 3.8) is 0 Å². The van der Waals surface area contributed by atoms with E-state index >= 15 is 0 Å². The summed E-state index contributed by atoms with van der Waals surface area (Å²) in [6.07, 6.45) is 56.6. The van der Waals surface area contributed by atoms with Gasteiger partial charge in [0.1, 0.15) is 13.2 Å². The highest BCUT2D eigenvalue weighted by atomic mass is 16.6. The Labute approximate surface area is 412 Å². The van der Waals surface area contributed by atoms with Crippen LogP contribution >= 0.6 is 0 Å². The van der Waals surface area contributed by atoms with Gasteiger partial charge in [-0.1, -0.05) is 298 Å². The van der Waals surface area contributed by atoms with Crippen LogP contribution in [0.2, 0.25) is 0 Å². The lowest BCUT2D eigenvalue weighted by Crippen LogP contribution is -2.30. The lowest BCUT2D eigenvalue weighted by Gasteiger charge is -2.18. The average molecular weight is 934 g/mol. The molecule has 0 saturated carbocycles. The van der Waals surface area contributed by atoms with Crippen LogP contribution in [-0.2, 0) is 28.6 Å². The van der Waals surface area contributed by atoms with Gasteiger partial charge in [0.2, 0.25) is 0 Å². The van der Waals surface area contributed by atoms with Gasteiger partial charge >= 0.3 is 17.9 Å². The summed E-state index contributed by atoms with van der Waals surface area (Å²) < 4.78 is 16.9. The molecule has 0 saturated heterocycles. The van der Waals surface area contributed by atoms with E-state index in [0.717, 1.165) is 69.6 Å². The first-order chi connectivity index (χ1) is 32.3. The first-order valence-corrected chi connectivity index (χ1v) is 29.8. The van der Waals surface area contributed by atoms with E-state index in [9.17, 15) is 14.4 Å². The molecule has 0 aromatic rings. The largest absolute Gasteiger partial charge is 0.462 e. The minimum atomic E-state index is -0.763. The van der Waals surface area contributed by atoms with Gasteiger partial charge < -0.3 is 14.2 Å². The molecule has 0 aliphatic carbocycles. The van der Waals surface area contributed by atoms with Gasteiger partial charge in [-0.05, 0) is 31.1 Å². The van der Waals surface area contributed by atoms with Crippen LogP contribution in [-0.4, -0.2) is 37.2 Å². The lowest BCUT2D eigenvalue weighted by atomic mass is 9.99. The third-order valence-corrected chi connectivity index (χ3v) is 14.1. The Balaban J connectivity index is 4.29. The van der Waals surface area contributed by atoms with E-state index in [4.69, 9.17) is 14.2 Å². The fourth-order valence-corrected chi connectivity index (χ4v) is 9.20. The van der Waals surface area contributed by atoms with E-state index < -0.39 is 6.10 Å². The maximum absolute atomic E-state index is 12.9. The molecule has 0 spiro atoms. The van der Waals surface area contributed by atoms with Gasteiger partial charge in [-0.3, -0.25) is 14.4 Å². The second-order valence-electron chi connectivity index (χ2n) is 21.4. The highest BCUT2D eigenvalue weighted by Gasteiger charge is 2.19. The highest BCUT2D eigenvalue weighted by Crippen LogP contribution is 2.19. The molecular weight excluding hydrogens is 817 g/mol. The third kappa shape index (κ3) is 51.8. The Bertz CT molecular complexity index is 1010. The molecule has 0 aromatic heterocycles. The fourth-order valence-electron chi connectivity index (χ4n) is 9.20. The van der Waals surface area contributed by atoms with Gasteiger partial charge in [-0.2, -0.15) is 0 Å². The summed E-state index contributed by atoms with van der Waals surface area (Å²) in [5, 5.41) is 0. The second-order valence-corrected chi connectivity index (χ2v) is 21.4. The summed E-state index contributed by atoms with van der Waals surface area (Å²) in [5.74, 6) is 0.876. The van der Waals surface area contributed by atoms with E-state index in [2.05, 4.69) is 34.6 Å². The van der Waals surface area contributed by atoms with Crippen molar-refractivity contribution in [2.75, 3.05) is 13.2 Å². The normalized spacial score (nSPS) is 12.5. The van der Waals surface area contributed by atoms with Crippen LogP contribution in [0.15, 0.2) is 0 Å². The lowest BCUT2D eigenvalue weighted by molar-refractivity contribution is -0.167. The van der Waals surface area contributed by atoms with Crippen LogP contribution in [0.4, 0.5) is 0 Å². The van der Waals surface area contributed by atoms with Crippen molar-refractivity contribution in [3.05, 3.63) is 0 Å². The molecule has 6 heteroatoms. The second kappa shape index (κ2) is 52.8. The predicted octanol–water partition coefficient (Wildman–Crippen LogP) is 19.7. The minimum absolute atomic E-state index is 0.0626. The molecule has 2 atom stereocenters. The maximum atomic E-state index is 12.9. The third-order valence-electron chi connectivity index (χ3n) is 14.1. The number of hydrogen-bond donors (Lipinski definition) is 0. The molecule has 0 rings (SSSR count). The zero-order chi connectivity index (χ0) is 48.2. The molecule has 0 N–H and O–H groups in total. The van der Waals surface area contributed by atoms with Gasteiger partial charge in [0.25, 0.3) is 0 Å². The van der Waals surface area contributed by atoms with Gasteiger partial charge in [0.15, 0.2) is 6.10 Å². The Kier molecular flexibility index (Phi) is 51.5. The Morgan fingerprint density at radius 3 is 0.864 bits per heavy atom. The van der Waals surface area contributed by atoms with Crippen LogP contribution in [0, 0.1) is 11.8 Å². The molecule has 0 aliphatic rings. The minimum Gasteiger partial charge on any atom is -0.462 e. The molecule has 0 fully saturated rings. The van der Waals surface area contributed by atoms with E-state index in [0.29, 0.717) is 19.3 Å². The van der Waals surface area contributed by atoms with Crippen molar-refractivity contribution < 1.29 is 28.6 Å². The van der Waals surface area contributed by atoms with Crippen LogP contribution < -0.4 is 0 Å². The van der Waals surface area contributed by atoms with Crippen molar-refractivity contribution in [1.29, 1.82) is 0 Å². The van der Waals surface area contributed by atoms with Crippen molar-refractivity contribution in [2.24, 2.45) is 11.8 Å². The summed E-state index contributed by atoms with van der Waals surface area (Å²) >= 11 is 0. The summed E-state index contributed by atoms with van der Waals surface area (Å²) in [7, 11) is 0. The highest BCUT2D eigenvalue weighted by molar-refractivity contribution is 5.71. The van der Waals surface area contributed by atoms with Gasteiger partial charge in [0, 0.05) is 19.3 Å². The number of rotatable bonds is 54. The summed E-state index contributed by atoms with van der Waals surface area (Å²) in [6, 6.07) is 0. The molecule has 6 nitrogen and oxygen atoms in total. The molecular formula is C60H116O6. The number of ether oxygens (including phenoxy) is 3. The zero-order valence-corrected chi connectivity index (χ0v) is 45.3. The van der Waals surface area contributed by atoms with E-state index in [1.165, 1.54) is 225 Å². The predicted molar refractivity (Wildman–Crippen MR) is 284 cm³/mol. The molecule has 392 valence electrons. The molecule has 0 heterocycles. The first kappa shape index (κ1) is 64.4. The smallest absolute Gasteiger partial charge is 0.306 e. The molecule has 0 aromatic carbocycles. The molecule has 66 heavy (non-hydrogen) atoms. The zero-order valence-electron chi connectivity index (χ0n) is 45.3. The first-order valence-electron chi connectivity index (χ1n) is 29.8. The van der Waals surface area contributed by atoms with Crippen LogP contribution in [0.3, 0.4) is 0 Å². The summed E-state index contributed by atoms with van der Waals surface area (Å²) in [6.45, 7) is 11.4. The average Bonchev–Trinajstić information content (AvgIpc) is 3.30. The van der Waals surface area contributed by atoms with Gasteiger partial charge in [0.05, 0.1) is 0 Å². The maximum Gasteiger partial charge on any atom is 0.306 e. The Morgan fingerprint density at radius 2 is 0.576 bits per heavy atom. The Hall–Kier alpha value is -1.59. The number of carbonyl (C=O) groups excluding carboxylic acids is 3. The van der Waals surface area contributed by atoms with Gasteiger partial charge in [-0.25, -0.2) is 0 Å². The van der Waals surface area contributed by atoms with Crippen molar-refractivity contribution in [2.45, 2.75) is 343 Å². The quantitative estimate of drug-likeness (QED) is 0.0343. The Morgan fingerprint density at radius 1 is 0.318 bits per heavy atom. The van der Waals surface area contributed by atoms with Gasteiger partial charge in [-0.15, -0.1) is 0 Å². The summed E-state index contributed by atoms with van der Waals surface area (Å²) in [5.41, 5.74) is 0. The number of esters is 3. The number of hydrogen-bond acceptors (Lipinski definition) is 6. The molecule has 0 bridgehead atoms. The molecule has 0 aliphatic heterocycles. The standard InChI is InChI=1S/C60H116O6/c1-6-8-9-10-11-12-13-14-15-16-17-22-25-32-37-42-47-52-60(63)66-57(54-65-59(62)51-46-41-36-31-27-26-28-33-38-43-48-55(3)4)53-64-58(61)50-45-40-35-30-24-21-19-18-20-23-29-34-39-44-49-56(5)7-2/h55-57H,6-54H2,1-5H3/t56?,57-/m0/s1. The van der Waals surface area contributed by atoms with Crippen LogP contribution in [0.1, 0.15) is 336 Å². The number of unbranched alkanes of at least 4 members (excludes halogenated alkanes) is 38. The van der Waals surface area contributed by atoms with E-state index in [1.807, 2.05) is 0 Å². The topological polar surface area (TPSA) is 78.9 Å².